The van der Waals surface area contributed by atoms with Crippen molar-refractivity contribution in [3.05, 3.63) is 35.4 Å². The Kier molecular flexibility index (Phi) is 4.44. The molecule has 128 valence electrons. The van der Waals surface area contributed by atoms with Crippen molar-refractivity contribution in [2.75, 3.05) is 6.61 Å². The summed E-state index contributed by atoms with van der Waals surface area (Å²) in [6, 6.07) is 5.60. The molecule has 1 atom stereocenters. The Morgan fingerprint density at radius 3 is 2.52 bits per heavy atom. The highest BCUT2D eigenvalue weighted by atomic mass is 32.2. The number of nitrogens with zero attached hydrogens (tertiary/aromatic N) is 1. The number of ether oxygens (including phenoxy) is 1. The van der Waals surface area contributed by atoms with Gasteiger partial charge in [-0.05, 0) is 24.1 Å². The molecule has 1 aliphatic heterocycles. The van der Waals surface area contributed by atoms with Gasteiger partial charge in [-0.25, -0.2) is 5.84 Å². The number of rotatable bonds is 5. The van der Waals surface area contributed by atoms with E-state index in [4.69, 9.17) is 10.6 Å². The molecule has 1 aromatic carbocycles. The zero-order valence-corrected chi connectivity index (χ0v) is 12.9. The molecule has 0 aliphatic carbocycles. The van der Waals surface area contributed by atoms with E-state index in [0.717, 1.165) is 6.42 Å². The number of alkyl halides is 3. The summed E-state index contributed by atoms with van der Waals surface area (Å²) in [5.74, 6) is 3.43. The molecule has 0 bridgehead atoms. The molecule has 1 fully saturated rings. The lowest BCUT2D eigenvalue weighted by Gasteiger charge is -2.19. The molecule has 1 aromatic rings. The standard InChI is InChI=1S/C13H15F3N2O4S/c1-2-6-12(8-22-12)10-5-3-4-9(7-10)11(19)18(17)23(20,21)13(14,15)16/h3-5,7H,2,6,8,17H2,1H3. The Bertz CT molecular complexity index is 714. The van der Waals surface area contributed by atoms with E-state index in [2.05, 4.69) is 0 Å². The zero-order chi connectivity index (χ0) is 17.5. The number of sulfonamides is 1. The Morgan fingerprint density at radius 1 is 1.43 bits per heavy atom. The monoisotopic (exact) mass is 352 g/mol. The second kappa shape index (κ2) is 5.77. The van der Waals surface area contributed by atoms with Crippen LogP contribution in [0.1, 0.15) is 35.7 Å². The first-order valence-electron chi connectivity index (χ1n) is 6.70. The first-order chi connectivity index (χ1) is 10.5. The van der Waals surface area contributed by atoms with Gasteiger partial charge in [0.15, 0.2) is 0 Å². The van der Waals surface area contributed by atoms with Crippen molar-refractivity contribution >= 4 is 15.9 Å². The number of hydrazine groups is 1. The van der Waals surface area contributed by atoms with Crippen LogP contribution in [0.25, 0.3) is 0 Å². The number of halogens is 3. The number of benzene rings is 1. The van der Waals surface area contributed by atoms with Gasteiger partial charge in [0.2, 0.25) is 0 Å². The maximum absolute atomic E-state index is 12.5. The molecule has 6 nitrogen and oxygen atoms in total. The molecule has 2 rings (SSSR count). The van der Waals surface area contributed by atoms with Gasteiger partial charge in [-0.3, -0.25) is 4.79 Å². The smallest absolute Gasteiger partial charge is 0.365 e. The third-order valence-electron chi connectivity index (χ3n) is 3.53. The highest BCUT2D eigenvalue weighted by Crippen LogP contribution is 2.43. The lowest BCUT2D eigenvalue weighted by Crippen LogP contribution is -2.48. The minimum atomic E-state index is -5.94. The van der Waals surface area contributed by atoms with Gasteiger partial charge in [0.25, 0.3) is 5.91 Å². The average Bonchev–Trinajstić information content (AvgIpc) is 3.26. The van der Waals surface area contributed by atoms with Gasteiger partial charge in [-0.2, -0.15) is 26.0 Å². The Labute approximate surface area is 131 Å². The summed E-state index contributed by atoms with van der Waals surface area (Å²) in [5, 5.41) is 0. The first kappa shape index (κ1) is 17.7. The lowest BCUT2D eigenvalue weighted by atomic mass is 9.94. The number of carbonyl (C=O) groups is 1. The van der Waals surface area contributed by atoms with Crippen molar-refractivity contribution in [3.63, 3.8) is 0 Å². The van der Waals surface area contributed by atoms with Crippen LogP contribution >= 0.6 is 0 Å². The highest BCUT2D eigenvalue weighted by molar-refractivity contribution is 7.90. The van der Waals surface area contributed by atoms with Crippen LogP contribution in [0.5, 0.6) is 0 Å². The average molecular weight is 352 g/mol. The molecule has 0 spiro atoms. The summed E-state index contributed by atoms with van der Waals surface area (Å²) < 4.78 is 64.4. The second-order valence-corrected chi connectivity index (χ2v) is 6.97. The number of carbonyl (C=O) groups excluding carboxylic acids is 1. The molecule has 0 radical (unpaired) electrons. The van der Waals surface area contributed by atoms with Crippen LogP contribution in [-0.4, -0.2) is 30.9 Å². The van der Waals surface area contributed by atoms with Crippen molar-refractivity contribution in [1.29, 1.82) is 0 Å². The van der Waals surface area contributed by atoms with Crippen LogP contribution in [0.3, 0.4) is 0 Å². The van der Waals surface area contributed by atoms with Crippen LogP contribution in [0.2, 0.25) is 0 Å². The van der Waals surface area contributed by atoms with Gasteiger partial charge >= 0.3 is 15.5 Å². The molecule has 1 unspecified atom stereocenters. The summed E-state index contributed by atoms with van der Waals surface area (Å²) in [6.07, 6.45) is 1.49. The molecular formula is C13H15F3N2O4S. The van der Waals surface area contributed by atoms with Gasteiger partial charge in [-0.15, -0.1) is 0 Å². The predicted molar refractivity (Wildman–Crippen MR) is 74.3 cm³/mol. The molecule has 2 N–H and O–H groups in total. The number of hydrogen-bond acceptors (Lipinski definition) is 5. The third kappa shape index (κ3) is 3.19. The van der Waals surface area contributed by atoms with Crippen molar-refractivity contribution in [2.45, 2.75) is 30.9 Å². The fraction of sp³-hybridized carbons (Fsp3) is 0.462. The van der Waals surface area contributed by atoms with Crippen LogP contribution < -0.4 is 5.84 Å². The molecule has 23 heavy (non-hydrogen) atoms. The van der Waals surface area contributed by atoms with Crippen LogP contribution in [0, 0.1) is 0 Å². The summed E-state index contributed by atoms with van der Waals surface area (Å²) in [5.41, 5.74) is -5.88. The SMILES string of the molecule is CCCC1(c2cccc(C(=O)N(N)S(=O)(=O)C(F)(F)F)c2)CO1. The number of epoxide rings is 1. The van der Waals surface area contributed by atoms with Crippen LogP contribution in [0.15, 0.2) is 24.3 Å². The van der Waals surface area contributed by atoms with Gasteiger partial charge in [0.1, 0.15) is 5.60 Å². The number of amides is 1. The summed E-state index contributed by atoms with van der Waals surface area (Å²) in [4.78, 5) is 12.0. The van der Waals surface area contributed by atoms with E-state index in [1.54, 1.807) is 6.07 Å². The second-order valence-electron chi connectivity index (χ2n) is 5.17. The molecule has 1 amide bonds. The minimum absolute atomic E-state index is 0.260. The summed E-state index contributed by atoms with van der Waals surface area (Å²) in [6.45, 7) is 2.38. The van der Waals surface area contributed by atoms with Crippen molar-refractivity contribution in [1.82, 2.24) is 4.41 Å². The van der Waals surface area contributed by atoms with Gasteiger partial charge < -0.3 is 4.74 Å². The minimum Gasteiger partial charge on any atom is -0.365 e. The van der Waals surface area contributed by atoms with Crippen molar-refractivity contribution in [3.8, 4) is 0 Å². The molecular weight excluding hydrogens is 337 g/mol. The first-order valence-corrected chi connectivity index (χ1v) is 8.14. The maximum atomic E-state index is 12.5. The molecule has 1 saturated heterocycles. The molecule has 10 heteroatoms. The van der Waals surface area contributed by atoms with Gasteiger partial charge in [-0.1, -0.05) is 25.5 Å². The predicted octanol–water partition coefficient (Wildman–Crippen LogP) is 1.88. The van der Waals surface area contributed by atoms with E-state index >= 15 is 0 Å². The van der Waals surface area contributed by atoms with Gasteiger partial charge in [0.05, 0.1) is 6.61 Å². The molecule has 0 aromatic heterocycles. The van der Waals surface area contributed by atoms with Crippen molar-refractivity contribution < 1.29 is 31.1 Å². The van der Waals surface area contributed by atoms with E-state index in [0.29, 0.717) is 18.6 Å². The molecule has 0 saturated carbocycles. The molecule has 1 heterocycles. The van der Waals surface area contributed by atoms with E-state index in [9.17, 15) is 26.4 Å². The zero-order valence-electron chi connectivity index (χ0n) is 12.1. The van der Waals surface area contributed by atoms with Crippen molar-refractivity contribution in [2.24, 2.45) is 5.84 Å². The fourth-order valence-electron chi connectivity index (χ4n) is 2.23. The fourth-order valence-corrected chi connectivity index (χ4v) is 2.78. The molecule has 1 aliphatic rings. The Morgan fingerprint density at radius 2 is 2.04 bits per heavy atom. The quantitative estimate of drug-likeness (QED) is 0.378. The Balaban J connectivity index is 2.31. The third-order valence-corrected chi connectivity index (χ3v) is 4.80. The maximum Gasteiger partial charge on any atom is 0.518 e. The van der Waals surface area contributed by atoms with E-state index in [1.807, 2.05) is 6.92 Å². The normalized spacial score (nSPS) is 21.1. The Hall–Kier alpha value is -1.65. The van der Waals surface area contributed by atoms with E-state index < -0.39 is 31.5 Å². The van der Waals surface area contributed by atoms with Crippen LogP contribution in [-0.2, 0) is 20.4 Å². The topological polar surface area (TPSA) is 93.0 Å². The largest absolute Gasteiger partial charge is 0.518 e. The summed E-state index contributed by atoms with van der Waals surface area (Å²) in [7, 11) is -5.94. The lowest BCUT2D eigenvalue weighted by molar-refractivity contribution is -0.0483. The van der Waals surface area contributed by atoms with Crippen LogP contribution in [0.4, 0.5) is 13.2 Å². The highest BCUT2D eigenvalue weighted by Gasteiger charge is 2.51. The van der Waals surface area contributed by atoms with E-state index in [1.165, 1.54) is 18.2 Å². The number of hydrogen-bond donors (Lipinski definition) is 1. The summed E-state index contributed by atoms with van der Waals surface area (Å²) >= 11 is 0. The van der Waals surface area contributed by atoms with Gasteiger partial charge in [0, 0.05) is 5.56 Å². The number of nitrogens with two attached hydrogens (primary N) is 1. The van der Waals surface area contributed by atoms with E-state index in [-0.39, 0.29) is 5.56 Å².